The molecule has 0 aliphatic carbocycles. The number of aromatic nitrogens is 2. The molecule has 0 unspecified atom stereocenters. The summed E-state index contributed by atoms with van der Waals surface area (Å²) in [4.78, 5) is 11.7. The molecule has 0 aliphatic rings. The van der Waals surface area contributed by atoms with Crippen molar-refractivity contribution in [1.29, 1.82) is 0 Å². The molecule has 0 aliphatic heterocycles. The van der Waals surface area contributed by atoms with E-state index in [1.54, 1.807) is 12.1 Å². The zero-order valence-electron chi connectivity index (χ0n) is 11.0. The molecule has 0 saturated carbocycles. The summed E-state index contributed by atoms with van der Waals surface area (Å²) in [6, 6.07) is 6.06. The van der Waals surface area contributed by atoms with Gasteiger partial charge in [-0.3, -0.25) is 10.1 Å². The molecular weight excluding hydrogens is 313 g/mol. The Morgan fingerprint density at radius 3 is 2.62 bits per heavy atom. The Kier molecular flexibility index (Phi) is 5.01. The molecule has 0 radical (unpaired) electrons. The SMILES string of the molecule is C=CCNCn1nc(-c2cc(Cl)c(O)c(Cl)c2)ccc1=O. The lowest BCUT2D eigenvalue weighted by molar-refractivity contribution is 0.476. The summed E-state index contributed by atoms with van der Waals surface area (Å²) < 4.78 is 1.29. The van der Waals surface area contributed by atoms with Crippen LogP contribution in [-0.2, 0) is 6.67 Å². The average molecular weight is 326 g/mol. The third-order valence-corrected chi connectivity index (χ3v) is 3.31. The van der Waals surface area contributed by atoms with E-state index in [-0.39, 0.29) is 28.0 Å². The molecule has 2 rings (SSSR count). The van der Waals surface area contributed by atoms with Crippen LogP contribution in [0.1, 0.15) is 0 Å². The van der Waals surface area contributed by atoms with Crippen molar-refractivity contribution in [1.82, 2.24) is 15.1 Å². The van der Waals surface area contributed by atoms with Crippen molar-refractivity contribution in [2.24, 2.45) is 0 Å². The van der Waals surface area contributed by atoms with Gasteiger partial charge in [0.15, 0.2) is 5.75 Å². The lowest BCUT2D eigenvalue weighted by Crippen LogP contribution is -2.29. The molecule has 1 aromatic carbocycles. The molecule has 0 bridgehead atoms. The van der Waals surface area contributed by atoms with Crippen molar-refractivity contribution < 1.29 is 5.11 Å². The number of phenolic OH excluding ortho intramolecular Hbond substituents is 1. The summed E-state index contributed by atoms with van der Waals surface area (Å²) in [5, 5.41) is 17.0. The minimum absolute atomic E-state index is 0.127. The van der Waals surface area contributed by atoms with Gasteiger partial charge < -0.3 is 5.11 Å². The summed E-state index contributed by atoms with van der Waals surface area (Å²) in [7, 11) is 0. The van der Waals surface area contributed by atoms with Crippen LogP contribution in [0.3, 0.4) is 0 Å². The number of phenols is 1. The van der Waals surface area contributed by atoms with E-state index in [4.69, 9.17) is 23.2 Å². The predicted molar refractivity (Wildman–Crippen MR) is 83.8 cm³/mol. The van der Waals surface area contributed by atoms with E-state index in [0.717, 1.165) is 0 Å². The summed E-state index contributed by atoms with van der Waals surface area (Å²) in [5.41, 5.74) is 0.908. The number of benzene rings is 1. The fraction of sp³-hybridized carbons (Fsp3) is 0.143. The van der Waals surface area contributed by atoms with Crippen molar-refractivity contribution in [3.05, 3.63) is 57.3 Å². The second-order valence-corrected chi connectivity index (χ2v) is 5.06. The Bertz CT molecular complexity index is 705. The van der Waals surface area contributed by atoms with Crippen molar-refractivity contribution >= 4 is 23.2 Å². The standard InChI is InChI=1S/C14H13Cl2N3O2/c1-2-5-17-8-19-13(20)4-3-12(18-19)9-6-10(15)14(21)11(16)7-9/h2-4,6-7,17,21H,1,5,8H2. The topological polar surface area (TPSA) is 67.2 Å². The number of nitrogens with one attached hydrogen (secondary N) is 1. The molecule has 0 saturated heterocycles. The second kappa shape index (κ2) is 6.76. The third-order valence-electron chi connectivity index (χ3n) is 2.73. The van der Waals surface area contributed by atoms with E-state index >= 15 is 0 Å². The lowest BCUT2D eigenvalue weighted by Gasteiger charge is -2.09. The average Bonchev–Trinajstić information content (AvgIpc) is 2.46. The van der Waals surface area contributed by atoms with Crippen LogP contribution in [0.4, 0.5) is 0 Å². The third kappa shape index (κ3) is 3.64. The molecule has 7 heteroatoms. The van der Waals surface area contributed by atoms with Gasteiger partial charge in [0.05, 0.1) is 22.4 Å². The van der Waals surface area contributed by atoms with Crippen LogP contribution in [0.15, 0.2) is 41.7 Å². The van der Waals surface area contributed by atoms with Crippen LogP contribution < -0.4 is 10.9 Å². The van der Waals surface area contributed by atoms with Gasteiger partial charge in [-0.05, 0) is 18.2 Å². The Hall–Kier alpha value is -1.82. The van der Waals surface area contributed by atoms with E-state index in [0.29, 0.717) is 17.8 Å². The first-order valence-electron chi connectivity index (χ1n) is 6.11. The first-order chi connectivity index (χ1) is 10.0. The van der Waals surface area contributed by atoms with Crippen molar-refractivity contribution in [3.8, 4) is 17.0 Å². The fourth-order valence-electron chi connectivity index (χ4n) is 1.70. The number of hydrogen-bond donors (Lipinski definition) is 2. The smallest absolute Gasteiger partial charge is 0.268 e. The van der Waals surface area contributed by atoms with Crippen LogP contribution in [0.25, 0.3) is 11.3 Å². The van der Waals surface area contributed by atoms with Gasteiger partial charge in [-0.15, -0.1) is 6.58 Å². The molecule has 0 fully saturated rings. The fourth-order valence-corrected chi connectivity index (χ4v) is 2.19. The maximum absolute atomic E-state index is 11.7. The molecule has 110 valence electrons. The van der Waals surface area contributed by atoms with Crippen LogP contribution in [0.2, 0.25) is 10.0 Å². The van der Waals surface area contributed by atoms with Gasteiger partial charge in [0.1, 0.15) is 0 Å². The highest BCUT2D eigenvalue weighted by molar-refractivity contribution is 6.37. The van der Waals surface area contributed by atoms with Gasteiger partial charge in [0.2, 0.25) is 0 Å². The molecule has 0 spiro atoms. The van der Waals surface area contributed by atoms with E-state index < -0.39 is 0 Å². The van der Waals surface area contributed by atoms with Crippen LogP contribution in [0, 0.1) is 0 Å². The Labute approximate surface area is 131 Å². The molecule has 2 N–H and O–H groups in total. The molecule has 21 heavy (non-hydrogen) atoms. The summed E-state index contributed by atoms with van der Waals surface area (Å²) in [6.07, 6.45) is 1.69. The highest BCUT2D eigenvalue weighted by Gasteiger charge is 2.10. The number of rotatable bonds is 5. The first kappa shape index (κ1) is 15.6. The molecule has 1 heterocycles. The first-order valence-corrected chi connectivity index (χ1v) is 6.86. The van der Waals surface area contributed by atoms with Crippen molar-refractivity contribution in [3.63, 3.8) is 0 Å². The highest BCUT2D eigenvalue weighted by Crippen LogP contribution is 2.35. The highest BCUT2D eigenvalue weighted by atomic mass is 35.5. The Morgan fingerprint density at radius 2 is 2.00 bits per heavy atom. The number of hydrogen-bond acceptors (Lipinski definition) is 4. The number of aromatic hydroxyl groups is 1. The molecule has 1 aromatic heterocycles. The molecule has 0 atom stereocenters. The maximum Gasteiger partial charge on any atom is 0.268 e. The van der Waals surface area contributed by atoms with Gasteiger partial charge in [-0.1, -0.05) is 29.3 Å². The van der Waals surface area contributed by atoms with Gasteiger partial charge >= 0.3 is 0 Å². The quantitative estimate of drug-likeness (QED) is 0.655. The molecular formula is C14H13Cl2N3O2. The molecule has 5 nitrogen and oxygen atoms in total. The molecule has 2 aromatic rings. The summed E-state index contributed by atoms with van der Waals surface area (Å²) in [5.74, 6) is -0.178. The van der Waals surface area contributed by atoms with Crippen LogP contribution in [-0.4, -0.2) is 21.4 Å². The van der Waals surface area contributed by atoms with Crippen LogP contribution in [0.5, 0.6) is 5.75 Å². The summed E-state index contributed by atoms with van der Waals surface area (Å²) in [6.45, 7) is 4.41. The molecule has 0 amide bonds. The zero-order valence-corrected chi connectivity index (χ0v) is 12.5. The monoisotopic (exact) mass is 325 g/mol. The summed E-state index contributed by atoms with van der Waals surface area (Å²) >= 11 is 11.8. The number of halogens is 2. The van der Waals surface area contributed by atoms with E-state index in [1.165, 1.54) is 22.9 Å². The predicted octanol–water partition coefficient (Wildman–Crippen LogP) is 2.66. The van der Waals surface area contributed by atoms with E-state index in [2.05, 4.69) is 17.0 Å². The van der Waals surface area contributed by atoms with E-state index in [1.807, 2.05) is 0 Å². The van der Waals surface area contributed by atoms with Gasteiger partial charge in [-0.25, -0.2) is 4.68 Å². The van der Waals surface area contributed by atoms with Crippen molar-refractivity contribution in [2.45, 2.75) is 6.67 Å². The minimum Gasteiger partial charge on any atom is -0.505 e. The maximum atomic E-state index is 11.7. The zero-order chi connectivity index (χ0) is 15.4. The van der Waals surface area contributed by atoms with Gasteiger partial charge in [0, 0.05) is 18.2 Å². The largest absolute Gasteiger partial charge is 0.505 e. The lowest BCUT2D eigenvalue weighted by atomic mass is 10.1. The van der Waals surface area contributed by atoms with Crippen molar-refractivity contribution in [2.75, 3.05) is 6.54 Å². The van der Waals surface area contributed by atoms with Gasteiger partial charge in [0.25, 0.3) is 5.56 Å². The van der Waals surface area contributed by atoms with Crippen LogP contribution >= 0.6 is 23.2 Å². The minimum atomic E-state index is -0.230. The number of nitrogens with zero attached hydrogens (tertiary/aromatic N) is 2. The second-order valence-electron chi connectivity index (χ2n) is 4.25. The normalized spacial score (nSPS) is 10.6. The van der Waals surface area contributed by atoms with E-state index in [9.17, 15) is 9.90 Å². The van der Waals surface area contributed by atoms with Gasteiger partial charge in [-0.2, -0.15) is 5.10 Å². The Balaban J connectivity index is 2.38. The Morgan fingerprint density at radius 1 is 1.33 bits per heavy atom.